The first-order chi connectivity index (χ1) is 10.2. The van der Waals surface area contributed by atoms with Gasteiger partial charge in [0, 0.05) is 22.4 Å². The number of anilines is 1. The molecule has 0 bridgehead atoms. The molecule has 2 atom stereocenters. The molecule has 1 aliphatic heterocycles. The van der Waals surface area contributed by atoms with Gasteiger partial charge in [-0.2, -0.15) is 0 Å². The van der Waals surface area contributed by atoms with Crippen molar-refractivity contribution in [1.29, 1.82) is 0 Å². The summed E-state index contributed by atoms with van der Waals surface area (Å²) in [6.07, 6.45) is 5.43. The highest BCUT2D eigenvalue weighted by Crippen LogP contribution is 2.35. The lowest BCUT2D eigenvalue weighted by Gasteiger charge is -2.14. The normalized spacial score (nSPS) is 26.1. The van der Waals surface area contributed by atoms with E-state index in [4.69, 9.17) is 0 Å². The Labute approximate surface area is 131 Å². The highest BCUT2D eigenvalue weighted by molar-refractivity contribution is 8.00. The van der Waals surface area contributed by atoms with Crippen LogP contribution in [0.5, 0.6) is 0 Å². The van der Waals surface area contributed by atoms with E-state index in [2.05, 4.69) is 29.7 Å². The summed E-state index contributed by atoms with van der Waals surface area (Å²) in [6, 6.07) is 8.33. The molecule has 1 saturated heterocycles. The molecule has 1 aliphatic carbocycles. The van der Waals surface area contributed by atoms with Crippen LogP contribution in [0.4, 0.5) is 5.69 Å². The number of hydrogen-bond donors (Lipinski definition) is 2. The van der Waals surface area contributed by atoms with Crippen LogP contribution >= 0.6 is 11.8 Å². The molecule has 0 radical (unpaired) electrons. The van der Waals surface area contributed by atoms with Crippen LogP contribution < -0.4 is 10.6 Å². The number of thioether (sulfide) groups is 1. The summed E-state index contributed by atoms with van der Waals surface area (Å²) in [5.41, 5.74) is 0.912. The summed E-state index contributed by atoms with van der Waals surface area (Å²) in [6.45, 7) is 3.86. The van der Waals surface area contributed by atoms with E-state index in [0.29, 0.717) is 5.92 Å². The summed E-state index contributed by atoms with van der Waals surface area (Å²) in [5.74, 6) is 0.656. The van der Waals surface area contributed by atoms with E-state index < -0.39 is 0 Å². The van der Waals surface area contributed by atoms with Crippen LogP contribution in [0, 0.1) is 11.8 Å². The monoisotopic (exact) mass is 304 g/mol. The van der Waals surface area contributed by atoms with Gasteiger partial charge in [-0.05, 0) is 49.6 Å². The maximum Gasteiger partial charge on any atom is 0.229 e. The lowest BCUT2D eigenvalue weighted by atomic mass is 9.97. The molecule has 1 amide bonds. The molecular formula is C17H24N2OS. The van der Waals surface area contributed by atoms with Gasteiger partial charge in [-0.1, -0.05) is 19.8 Å². The first-order valence-electron chi connectivity index (χ1n) is 8.00. The summed E-state index contributed by atoms with van der Waals surface area (Å²) in [4.78, 5) is 13.5. The molecule has 2 fully saturated rings. The first-order valence-corrected chi connectivity index (χ1v) is 8.88. The standard InChI is InChI=1S/C17H24N2OS/c1-12-10-18-11-16(12)17(20)19-13-6-8-15(9-7-13)21-14-4-2-3-5-14/h6-9,12,14,16,18H,2-5,10-11H2,1H3,(H,19,20). The van der Waals surface area contributed by atoms with E-state index in [-0.39, 0.29) is 11.8 Å². The minimum absolute atomic E-state index is 0.0949. The Morgan fingerprint density at radius 1 is 1.19 bits per heavy atom. The van der Waals surface area contributed by atoms with Crippen LogP contribution in [-0.4, -0.2) is 24.2 Å². The lowest BCUT2D eigenvalue weighted by molar-refractivity contribution is -0.120. The van der Waals surface area contributed by atoms with Gasteiger partial charge in [0.2, 0.25) is 5.91 Å². The number of carbonyl (C=O) groups is 1. The number of amides is 1. The van der Waals surface area contributed by atoms with Crippen LogP contribution in [0.2, 0.25) is 0 Å². The van der Waals surface area contributed by atoms with Gasteiger partial charge >= 0.3 is 0 Å². The number of benzene rings is 1. The maximum atomic E-state index is 12.2. The van der Waals surface area contributed by atoms with Gasteiger partial charge in [-0.25, -0.2) is 0 Å². The number of nitrogens with one attached hydrogen (secondary N) is 2. The molecule has 21 heavy (non-hydrogen) atoms. The molecule has 0 spiro atoms. The van der Waals surface area contributed by atoms with Crippen molar-refractivity contribution >= 4 is 23.4 Å². The molecule has 114 valence electrons. The number of rotatable bonds is 4. The Balaban J connectivity index is 1.55. The second-order valence-corrected chi connectivity index (χ2v) is 7.65. The zero-order valence-corrected chi connectivity index (χ0v) is 13.4. The fraction of sp³-hybridized carbons (Fsp3) is 0.588. The van der Waals surface area contributed by atoms with E-state index in [9.17, 15) is 4.79 Å². The Morgan fingerprint density at radius 3 is 2.52 bits per heavy atom. The first kappa shape index (κ1) is 14.9. The van der Waals surface area contributed by atoms with Gasteiger partial charge in [-0.3, -0.25) is 4.79 Å². The minimum Gasteiger partial charge on any atom is -0.326 e. The fourth-order valence-corrected chi connectivity index (χ4v) is 4.46. The van der Waals surface area contributed by atoms with E-state index >= 15 is 0 Å². The summed E-state index contributed by atoms with van der Waals surface area (Å²) in [5, 5.41) is 7.11. The molecule has 3 nitrogen and oxygen atoms in total. The molecule has 2 N–H and O–H groups in total. The average molecular weight is 304 g/mol. The second kappa shape index (κ2) is 6.84. The number of carbonyl (C=O) groups excluding carboxylic acids is 1. The van der Waals surface area contributed by atoms with Crippen molar-refractivity contribution < 1.29 is 4.79 Å². The van der Waals surface area contributed by atoms with E-state index in [1.807, 2.05) is 23.9 Å². The van der Waals surface area contributed by atoms with E-state index in [1.165, 1.54) is 30.6 Å². The van der Waals surface area contributed by atoms with E-state index in [0.717, 1.165) is 24.0 Å². The van der Waals surface area contributed by atoms with Crippen LogP contribution in [0.1, 0.15) is 32.6 Å². The SMILES string of the molecule is CC1CNCC1C(=O)Nc1ccc(SC2CCCC2)cc1. The highest BCUT2D eigenvalue weighted by Gasteiger charge is 2.29. The highest BCUT2D eigenvalue weighted by atomic mass is 32.2. The maximum absolute atomic E-state index is 12.2. The van der Waals surface area contributed by atoms with Crippen LogP contribution in [-0.2, 0) is 4.79 Å². The smallest absolute Gasteiger partial charge is 0.229 e. The third kappa shape index (κ3) is 3.80. The van der Waals surface area contributed by atoms with Gasteiger partial charge < -0.3 is 10.6 Å². The van der Waals surface area contributed by atoms with Crippen LogP contribution in [0.25, 0.3) is 0 Å². The van der Waals surface area contributed by atoms with Crippen molar-refractivity contribution in [2.24, 2.45) is 11.8 Å². The van der Waals surface area contributed by atoms with Gasteiger partial charge in [0.25, 0.3) is 0 Å². The molecule has 1 aromatic carbocycles. The Hall–Kier alpha value is -1.00. The molecule has 1 heterocycles. The van der Waals surface area contributed by atoms with E-state index in [1.54, 1.807) is 0 Å². The summed E-state index contributed by atoms with van der Waals surface area (Å²) >= 11 is 1.98. The molecule has 2 unspecified atom stereocenters. The molecule has 2 aliphatic rings. The molecule has 4 heteroatoms. The van der Waals surface area contributed by atoms with Crippen molar-refractivity contribution in [3.8, 4) is 0 Å². The van der Waals surface area contributed by atoms with Crippen molar-refractivity contribution in [2.75, 3.05) is 18.4 Å². The minimum atomic E-state index is 0.0949. The zero-order valence-electron chi connectivity index (χ0n) is 12.6. The van der Waals surface area contributed by atoms with Crippen molar-refractivity contribution in [1.82, 2.24) is 5.32 Å². The quantitative estimate of drug-likeness (QED) is 0.894. The lowest BCUT2D eigenvalue weighted by Crippen LogP contribution is -2.27. The zero-order chi connectivity index (χ0) is 14.7. The Kier molecular flexibility index (Phi) is 4.86. The fourth-order valence-electron chi connectivity index (χ4n) is 3.21. The number of hydrogen-bond acceptors (Lipinski definition) is 3. The third-order valence-electron chi connectivity index (χ3n) is 4.58. The Bertz CT molecular complexity index is 482. The van der Waals surface area contributed by atoms with Gasteiger partial charge in [0.05, 0.1) is 5.92 Å². The second-order valence-electron chi connectivity index (χ2n) is 6.28. The summed E-state index contributed by atoms with van der Waals surface area (Å²) < 4.78 is 0. The van der Waals surface area contributed by atoms with Crippen molar-refractivity contribution in [2.45, 2.75) is 42.8 Å². The molecule has 1 aromatic rings. The largest absolute Gasteiger partial charge is 0.326 e. The molecule has 1 saturated carbocycles. The van der Waals surface area contributed by atoms with Crippen molar-refractivity contribution in [3.05, 3.63) is 24.3 Å². The van der Waals surface area contributed by atoms with Gasteiger partial charge in [-0.15, -0.1) is 11.8 Å². The predicted octanol–water partition coefficient (Wildman–Crippen LogP) is 3.52. The van der Waals surface area contributed by atoms with Gasteiger partial charge in [0.1, 0.15) is 0 Å². The third-order valence-corrected chi connectivity index (χ3v) is 5.93. The topological polar surface area (TPSA) is 41.1 Å². The Morgan fingerprint density at radius 2 is 1.90 bits per heavy atom. The summed E-state index contributed by atoms with van der Waals surface area (Å²) in [7, 11) is 0. The molecule has 0 aromatic heterocycles. The average Bonchev–Trinajstić information content (AvgIpc) is 3.12. The van der Waals surface area contributed by atoms with Crippen LogP contribution in [0.3, 0.4) is 0 Å². The van der Waals surface area contributed by atoms with Crippen molar-refractivity contribution in [3.63, 3.8) is 0 Å². The molecular weight excluding hydrogens is 280 g/mol. The predicted molar refractivity (Wildman–Crippen MR) is 88.7 cm³/mol. The molecule has 3 rings (SSSR count). The van der Waals surface area contributed by atoms with Crippen LogP contribution in [0.15, 0.2) is 29.2 Å². The van der Waals surface area contributed by atoms with Gasteiger partial charge in [0.15, 0.2) is 0 Å².